The molecule has 0 radical (unpaired) electrons. The second-order valence-corrected chi connectivity index (χ2v) is 8.90. The number of carbonyl (C=O) groups excluding carboxylic acids is 1. The second-order valence-electron chi connectivity index (χ2n) is 6.94. The van der Waals surface area contributed by atoms with Gasteiger partial charge in [0.15, 0.2) is 0 Å². The van der Waals surface area contributed by atoms with E-state index in [0.29, 0.717) is 33.4 Å². The van der Waals surface area contributed by atoms with Crippen LogP contribution in [0, 0.1) is 21.4 Å². The third kappa shape index (κ3) is 4.26. The van der Waals surface area contributed by atoms with Gasteiger partial charge < -0.3 is 10.1 Å². The number of thiazole rings is 1. The Hall–Kier alpha value is -3.55. The SMILES string of the molecule is CCOC(=O)c1c(N/C=C(/C#N)c2nc(-c3ccc([N+](=O)[O-])cc3)cs2)sc2c1CCC2. The van der Waals surface area contributed by atoms with Crippen molar-refractivity contribution in [3.63, 3.8) is 0 Å². The van der Waals surface area contributed by atoms with Gasteiger partial charge in [0.05, 0.1) is 22.8 Å². The van der Waals surface area contributed by atoms with Gasteiger partial charge in [0.2, 0.25) is 0 Å². The lowest BCUT2D eigenvalue weighted by Gasteiger charge is -2.06. The van der Waals surface area contributed by atoms with Gasteiger partial charge >= 0.3 is 5.97 Å². The Morgan fingerprint density at radius 3 is 2.84 bits per heavy atom. The van der Waals surface area contributed by atoms with Crippen LogP contribution < -0.4 is 5.32 Å². The van der Waals surface area contributed by atoms with E-state index < -0.39 is 4.92 Å². The summed E-state index contributed by atoms with van der Waals surface area (Å²) in [4.78, 5) is 28.6. The number of thiophene rings is 1. The van der Waals surface area contributed by atoms with Crippen molar-refractivity contribution >= 4 is 44.9 Å². The molecule has 0 bridgehead atoms. The monoisotopic (exact) mass is 466 g/mol. The van der Waals surface area contributed by atoms with Crippen molar-refractivity contribution in [2.75, 3.05) is 11.9 Å². The first-order chi connectivity index (χ1) is 15.5. The third-order valence-electron chi connectivity index (χ3n) is 4.98. The number of fused-ring (bicyclic) bond motifs is 1. The first-order valence-corrected chi connectivity index (χ1v) is 11.6. The topological polar surface area (TPSA) is 118 Å². The predicted molar refractivity (Wildman–Crippen MR) is 124 cm³/mol. The number of non-ortho nitro benzene ring substituents is 1. The van der Waals surface area contributed by atoms with Gasteiger partial charge in [-0.25, -0.2) is 9.78 Å². The smallest absolute Gasteiger partial charge is 0.341 e. The van der Waals surface area contributed by atoms with Gasteiger partial charge in [-0.05, 0) is 43.9 Å². The summed E-state index contributed by atoms with van der Waals surface area (Å²) in [5.74, 6) is -0.351. The average molecular weight is 467 g/mol. The Morgan fingerprint density at radius 2 is 2.16 bits per heavy atom. The van der Waals surface area contributed by atoms with E-state index in [0.717, 1.165) is 30.4 Å². The highest BCUT2D eigenvalue weighted by Gasteiger charge is 2.27. The largest absolute Gasteiger partial charge is 0.462 e. The molecule has 4 rings (SSSR count). The van der Waals surface area contributed by atoms with Crippen LogP contribution in [0.25, 0.3) is 16.8 Å². The molecule has 1 aromatic carbocycles. The molecule has 2 aromatic heterocycles. The number of allylic oxidation sites excluding steroid dienone is 1. The summed E-state index contributed by atoms with van der Waals surface area (Å²) in [6.45, 7) is 2.07. The number of nitrogens with one attached hydrogen (secondary N) is 1. The van der Waals surface area contributed by atoms with Gasteiger partial charge in [-0.15, -0.1) is 22.7 Å². The Balaban J connectivity index is 1.58. The summed E-state index contributed by atoms with van der Waals surface area (Å²) in [5.41, 5.74) is 3.28. The van der Waals surface area contributed by atoms with E-state index in [-0.39, 0.29) is 11.7 Å². The average Bonchev–Trinajstić information content (AvgIpc) is 3.51. The maximum Gasteiger partial charge on any atom is 0.341 e. The van der Waals surface area contributed by atoms with Crippen LogP contribution in [0.2, 0.25) is 0 Å². The van der Waals surface area contributed by atoms with E-state index in [2.05, 4.69) is 16.4 Å². The molecule has 32 heavy (non-hydrogen) atoms. The van der Waals surface area contributed by atoms with Crippen molar-refractivity contribution in [3.05, 3.63) is 67.0 Å². The minimum atomic E-state index is -0.455. The number of ether oxygens (including phenoxy) is 1. The van der Waals surface area contributed by atoms with E-state index in [1.165, 1.54) is 39.7 Å². The summed E-state index contributed by atoms with van der Waals surface area (Å²) in [5, 5.41) is 26.6. The number of anilines is 1. The Bertz CT molecular complexity index is 1250. The van der Waals surface area contributed by atoms with E-state index in [9.17, 15) is 20.2 Å². The summed E-state index contributed by atoms with van der Waals surface area (Å²) < 4.78 is 5.24. The molecule has 0 amide bonds. The fourth-order valence-corrected chi connectivity index (χ4v) is 5.53. The summed E-state index contributed by atoms with van der Waals surface area (Å²) in [6.07, 6.45) is 4.37. The standard InChI is InChI=1S/C22H18N4O4S2/c1-2-30-22(27)19-16-4-3-5-18(16)32-21(19)24-11-14(10-23)20-25-17(12-31-20)13-6-8-15(9-7-13)26(28)29/h6-9,11-12,24H,2-5H2,1H3/b14-11-. The summed E-state index contributed by atoms with van der Waals surface area (Å²) >= 11 is 2.82. The molecule has 1 aliphatic carbocycles. The molecular formula is C22H18N4O4S2. The number of nitrogens with zero attached hydrogens (tertiary/aromatic N) is 3. The second kappa shape index (κ2) is 9.30. The molecule has 1 N–H and O–H groups in total. The number of nitro groups is 1. The van der Waals surface area contributed by atoms with Gasteiger partial charge in [0.1, 0.15) is 21.7 Å². The van der Waals surface area contributed by atoms with E-state index in [4.69, 9.17) is 4.74 Å². The normalized spacial score (nSPS) is 12.8. The molecule has 0 aliphatic heterocycles. The fraction of sp³-hybridized carbons (Fsp3) is 0.227. The minimum absolute atomic E-state index is 0.00580. The van der Waals surface area contributed by atoms with Gasteiger partial charge in [-0.2, -0.15) is 5.26 Å². The van der Waals surface area contributed by atoms with Crippen LogP contribution in [-0.4, -0.2) is 22.5 Å². The maximum absolute atomic E-state index is 12.5. The first kappa shape index (κ1) is 21.7. The summed E-state index contributed by atoms with van der Waals surface area (Å²) in [7, 11) is 0. The molecular weight excluding hydrogens is 448 g/mol. The first-order valence-electron chi connectivity index (χ1n) is 9.91. The number of hydrogen-bond donors (Lipinski definition) is 1. The predicted octanol–water partition coefficient (Wildman–Crippen LogP) is 5.42. The number of benzene rings is 1. The van der Waals surface area contributed by atoms with Gasteiger partial charge in [-0.1, -0.05) is 0 Å². The number of nitro benzene ring substituents is 1. The van der Waals surface area contributed by atoms with Crippen molar-refractivity contribution < 1.29 is 14.5 Å². The number of carbonyl (C=O) groups is 1. The molecule has 0 fully saturated rings. The lowest BCUT2D eigenvalue weighted by atomic mass is 10.1. The molecule has 162 valence electrons. The Morgan fingerprint density at radius 1 is 1.38 bits per heavy atom. The molecule has 3 aromatic rings. The van der Waals surface area contributed by atoms with Crippen molar-refractivity contribution in [1.82, 2.24) is 4.98 Å². The highest BCUT2D eigenvalue weighted by molar-refractivity contribution is 7.16. The number of aryl methyl sites for hydroxylation is 1. The molecule has 1 aliphatic rings. The maximum atomic E-state index is 12.5. The van der Waals surface area contributed by atoms with Crippen molar-refractivity contribution in [2.24, 2.45) is 0 Å². The molecule has 0 saturated heterocycles. The van der Waals surface area contributed by atoms with Crippen LogP contribution >= 0.6 is 22.7 Å². The zero-order valence-electron chi connectivity index (χ0n) is 17.1. The third-order valence-corrected chi connectivity index (χ3v) is 7.08. The van der Waals surface area contributed by atoms with Crippen LogP contribution in [0.4, 0.5) is 10.7 Å². The lowest BCUT2D eigenvalue weighted by molar-refractivity contribution is -0.384. The lowest BCUT2D eigenvalue weighted by Crippen LogP contribution is -2.08. The number of hydrogen-bond acceptors (Lipinski definition) is 9. The quantitative estimate of drug-likeness (QED) is 0.214. The molecule has 2 heterocycles. The molecule has 0 spiro atoms. The van der Waals surface area contributed by atoms with Crippen LogP contribution in [0.1, 0.15) is 39.2 Å². The molecule has 0 atom stereocenters. The fourth-order valence-electron chi connectivity index (χ4n) is 3.49. The highest BCUT2D eigenvalue weighted by atomic mass is 32.1. The number of nitriles is 1. The van der Waals surface area contributed by atoms with Crippen LogP contribution in [0.15, 0.2) is 35.8 Å². The minimum Gasteiger partial charge on any atom is -0.462 e. The van der Waals surface area contributed by atoms with E-state index in [1.807, 2.05) is 0 Å². The van der Waals surface area contributed by atoms with Gasteiger partial charge in [-0.3, -0.25) is 10.1 Å². The molecule has 8 nitrogen and oxygen atoms in total. The Labute approximate surface area is 192 Å². The summed E-state index contributed by atoms with van der Waals surface area (Å²) in [6, 6.07) is 8.24. The molecule has 0 saturated carbocycles. The van der Waals surface area contributed by atoms with Crippen LogP contribution in [0.3, 0.4) is 0 Å². The van der Waals surface area contributed by atoms with Crippen LogP contribution in [0.5, 0.6) is 0 Å². The Kier molecular flexibility index (Phi) is 6.30. The number of rotatable bonds is 7. The van der Waals surface area contributed by atoms with Crippen LogP contribution in [-0.2, 0) is 17.6 Å². The molecule has 10 heteroatoms. The highest BCUT2D eigenvalue weighted by Crippen LogP contribution is 2.40. The number of esters is 1. The van der Waals surface area contributed by atoms with Crippen molar-refractivity contribution in [3.8, 4) is 17.3 Å². The van der Waals surface area contributed by atoms with Gasteiger partial charge in [0.25, 0.3) is 5.69 Å². The van der Waals surface area contributed by atoms with Gasteiger partial charge in [0, 0.05) is 34.2 Å². The zero-order valence-corrected chi connectivity index (χ0v) is 18.7. The zero-order chi connectivity index (χ0) is 22.7. The van der Waals surface area contributed by atoms with E-state index >= 15 is 0 Å². The van der Waals surface area contributed by atoms with E-state index in [1.54, 1.807) is 30.6 Å². The van der Waals surface area contributed by atoms with Crippen molar-refractivity contribution in [2.45, 2.75) is 26.2 Å². The molecule has 0 unspecified atom stereocenters. The number of aromatic nitrogens is 1. The van der Waals surface area contributed by atoms with Crippen molar-refractivity contribution in [1.29, 1.82) is 5.26 Å².